The van der Waals surface area contributed by atoms with E-state index < -0.39 is 0 Å². The Morgan fingerprint density at radius 2 is 2.28 bits per heavy atom. The van der Waals surface area contributed by atoms with E-state index in [9.17, 15) is 0 Å². The Kier molecular flexibility index (Phi) is 3.52. The number of nitrogens with one attached hydrogen (secondary N) is 1. The van der Waals surface area contributed by atoms with Gasteiger partial charge in [-0.25, -0.2) is 9.97 Å². The SMILES string of the molecule is Clc1cc(NCc2nccs2)c2scc(Br)c2n1. The average Bonchev–Trinajstić information content (AvgIpc) is 2.97. The number of hydrogen-bond acceptors (Lipinski definition) is 5. The number of hydrogen-bond donors (Lipinski definition) is 1. The van der Waals surface area contributed by atoms with Gasteiger partial charge in [0.1, 0.15) is 10.2 Å². The van der Waals surface area contributed by atoms with Crippen LogP contribution in [0.3, 0.4) is 0 Å². The molecule has 0 amide bonds. The first-order valence-electron chi connectivity index (χ1n) is 5.09. The predicted molar refractivity (Wildman–Crippen MR) is 81.8 cm³/mol. The van der Waals surface area contributed by atoms with Crippen LogP contribution < -0.4 is 5.32 Å². The molecule has 0 atom stereocenters. The van der Waals surface area contributed by atoms with Crippen molar-refractivity contribution in [1.82, 2.24) is 9.97 Å². The van der Waals surface area contributed by atoms with Gasteiger partial charge in [0.2, 0.25) is 0 Å². The topological polar surface area (TPSA) is 37.8 Å². The Bertz CT molecular complexity index is 681. The monoisotopic (exact) mass is 359 g/mol. The van der Waals surface area contributed by atoms with Crippen LogP contribution in [0.25, 0.3) is 10.2 Å². The van der Waals surface area contributed by atoms with Gasteiger partial charge in [0.05, 0.1) is 26.9 Å². The molecule has 3 aromatic heterocycles. The molecule has 7 heteroatoms. The summed E-state index contributed by atoms with van der Waals surface area (Å²) in [5.41, 5.74) is 1.89. The summed E-state index contributed by atoms with van der Waals surface area (Å²) in [6.07, 6.45) is 1.80. The fourth-order valence-electron chi connectivity index (χ4n) is 1.59. The van der Waals surface area contributed by atoms with E-state index in [-0.39, 0.29) is 0 Å². The minimum Gasteiger partial charge on any atom is -0.377 e. The molecule has 0 aliphatic heterocycles. The van der Waals surface area contributed by atoms with Gasteiger partial charge in [-0.3, -0.25) is 0 Å². The molecule has 3 nitrogen and oxygen atoms in total. The van der Waals surface area contributed by atoms with Crippen molar-refractivity contribution >= 4 is 66.1 Å². The van der Waals surface area contributed by atoms with Gasteiger partial charge in [0.25, 0.3) is 0 Å². The first-order valence-corrected chi connectivity index (χ1v) is 8.02. The molecule has 0 unspecified atom stereocenters. The number of pyridine rings is 1. The van der Waals surface area contributed by atoms with Crippen LogP contribution in [0.1, 0.15) is 5.01 Å². The molecule has 1 N–H and O–H groups in total. The van der Waals surface area contributed by atoms with Crippen molar-refractivity contribution < 1.29 is 0 Å². The molecule has 3 heterocycles. The molecule has 0 saturated heterocycles. The third-order valence-corrected chi connectivity index (χ3v) is 5.25. The molecule has 92 valence electrons. The number of halogens is 2. The molecule has 3 aromatic rings. The molecule has 0 saturated carbocycles. The highest BCUT2D eigenvalue weighted by Crippen LogP contribution is 2.35. The maximum atomic E-state index is 6.03. The maximum Gasteiger partial charge on any atom is 0.131 e. The lowest BCUT2D eigenvalue weighted by molar-refractivity contribution is 1.11. The van der Waals surface area contributed by atoms with Gasteiger partial charge in [-0.15, -0.1) is 22.7 Å². The van der Waals surface area contributed by atoms with E-state index >= 15 is 0 Å². The van der Waals surface area contributed by atoms with Crippen LogP contribution in [0.15, 0.2) is 27.5 Å². The number of nitrogens with zero attached hydrogens (tertiary/aromatic N) is 2. The Hall–Kier alpha value is -0.690. The quantitative estimate of drug-likeness (QED) is 0.683. The van der Waals surface area contributed by atoms with E-state index in [2.05, 4.69) is 31.2 Å². The van der Waals surface area contributed by atoms with Gasteiger partial charge in [-0.05, 0) is 15.9 Å². The normalized spacial score (nSPS) is 11.0. The molecule has 0 radical (unpaired) electrons. The third kappa shape index (κ3) is 2.38. The van der Waals surface area contributed by atoms with Gasteiger partial charge < -0.3 is 5.32 Å². The van der Waals surface area contributed by atoms with Crippen molar-refractivity contribution in [1.29, 1.82) is 0 Å². The number of fused-ring (bicyclic) bond motifs is 1. The number of anilines is 1. The Morgan fingerprint density at radius 1 is 1.39 bits per heavy atom. The van der Waals surface area contributed by atoms with Crippen molar-refractivity contribution in [2.75, 3.05) is 5.32 Å². The fourth-order valence-corrected chi connectivity index (χ4v) is 3.90. The lowest BCUT2D eigenvalue weighted by Gasteiger charge is -2.06. The first-order chi connectivity index (χ1) is 8.74. The van der Waals surface area contributed by atoms with Gasteiger partial charge in [-0.2, -0.15) is 0 Å². The summed E-state index contributed by atoms with van der Waals surface area (Å²) in [6.45, 7) is 0.697. The molecule has 0 aliphatic carbocycles. The van der Waals surface area contributed by atoms with Crippen molar-refractivity contribution in [3.63, 3.8) is 0 Å². The summed E-state index contributed by atoms with van der Waals surface area (Å²) in [5, 5.41) is 8.88. The van der Waals surface area contributed by atoms with Crippen LogP contribution in [-0.4, -0.2) is 9.97 Å². The second kappa shape index (κ2) is 5.13. The third-order valence-electron chi connectivity index (χ3n) is 2.36. The lowest BCUT2D eigenvalue weighted by Crippen LogP contribution is -1.99. The minimum atomic E-state index is 0.489. The van der Waals surface area contributed by atoms with Crippen molar-refractivity contribution in [2.45, 2.75) is 6.54 Å². The van der Waals surface area contributed by atoms with E-state index in [4.69, 9.17) is 11.6 Å². The van der Waals surface area contributed by atoms with Crippen LogP contribution >= 0.6 is 50.2 Å². The van der Waals surface area contributed by atoms with Gasteiger partial charge in [0, 0.05) is 23.0 Å². The number of aromatic nitrogens is 2. The van der Waals surface area contributed by atoms with Crippen molar-refractivity contribution in [3.8, 4) is 0 Å². The highest BCUT2D eigenvalue weighted by molar-refractivity contribution is 9.10. The summed E-state index contributed by atoms with van der Waals surface area (Å²) in [4.78, 5) is 8.56. The Morgan fingerprint density at radius 3 is 3.06 bits per heavy atom. The van der Waals surface area contributed by atoms with E-state index in [1.54, 1.807) is 28.9 Å². The van der Waals surface area contributed by atoms with Crippen molar-refractivity contribution in [3.05, 3.63) is 37.7 Å². The van der Waals surface area contributed by atoms with Gasteiger partial charge in [0.15, 0.2) is 0 Å². The second-order valence-corrected chi connectivity index (χ2v) is 6.63. The standard InChI is InChI=1S/C11H7BrClN3S2/c12-6-5-18-11-7(3-8(13)16-10(6)11)15-4-9-14-1-2-17-9/h1-3,5H,4H2,(H,15,16). The van der Waals surface area contributed by atoms with E-state index in [1.807, 2.05) is 16.8 Å². The molecule has 3 rings (SSSR count). The van der Waals surface area contributed by atoms with Crippen molar-refractivity contribution in [2.24, 2.45) is 0 Å². The zero-order valence-electron chi connectivity index (χ0n) is 8.98. The molecule has 0 spiro atoms. The molecule has 0 fully saturated rings. The summed E-state index contributed by atoms with van der Waals surface area (Å²) in [7, 11) is 0. The number of thiophene rings is 1. The lowest BCUT2D eigenvalue weighted by atomic mass is 10.3. The molecule has 0 aliphatic rings. The summed E-state index contributed by atoms with van der Waals surface area (Å²) < 4.78 is 2.07. The average molecular weight is 361 g/mol. The van der Waals surface area contributed by atoms with Crippen LogP contribution in [0.4, 0.5) is 5.69 Å². The zero-order chi connectivity index (χ0) is 12.5. The van der Waals surface area contributed by atoms with E-state index in [0.29, 0.717) is 11.7 Å². The zero-order valence-corrected chi connectivity index (χ0v) is 13.0. The van der Waals surface area contributed by atoms with Gasteiger partial charge >= 0.3 is 0 Å². The predicted octanol–water partition coefficient (Wildman–Crippen LogP) is 4.78. The Balaban J connectivity index is 1.95. The van der Waals surface area contributed by atoms with Gasteiger partial charge in [-0.1, -0.05) is 11.6 Å². The van der Waals surface area contributed by atoms with Crippen LogP contribution in [0.5, 0.6) is 0 Å². The van der Waals surface area contributed by atoms with E-state index in [0.717, 1.165) is 25.4 Å². The number of thiazole rings is 1. The smallest absolute Gasteiger partial charge is 0.131 e. The molecule has 0 aromatic carbocycles. The minimum absolute atomic E-state index is 0.489. The van der Waals surface area contributed by atoms with Crippen LogP contribution in [0, 0.1) is 0 Å². The second-order valence-electron chi connectivity index (χ2n) is 3.53. The largest absolute Gasteiger partial charge is 0.377 e. The first kappa shape index (κ1) is 12.3. The molecular weight excluding hydrogens is 354 g/mol. The maximum absolute atomic E-state index is 6.03. The summed E-state index contributed by atoms with van der Waals surface area (Å²) >= 11 is 12.8. The highest BCUT2D eigenvalue weighted by atomic mass is 79.9. The molecule has 18 heavy (non-hydrogen) atoms. The highest BCUT2D eigenvalue weighted by Gasteiger charge is 2.10. The summed E-state index contributed by atoms with van der Waals surface area (Å²) in [5.74, 6) is 0. The molecule has 0 bridgehead atoms. The van der Waals surface area contributed by atoms with E-state index in [1.165, 1.54) is 0 Å². The fraction of sp³-hybridized carbons (Fsp3) is 0.0909. The van der Waals surface area contributed by atoms with Crippen LogP contribution in [-0.2, 0) is 6.54 Å². The van der Waals surface area contributed by atoms with Crippen LogP contribution in [0.2, 0.25) is 5.15 Å². The Labute approximate surface area is 125 Å². The number of rotatable bonds is 3. The summed E-state index contributed by atoms with van der Waals surface area (Å²) in [6, 6.07) is 1.85. The molecular formula is C11H7BrClN3S2.